The van der Waals surface area contributed by atoms with E-state index in [9.17, 15) is 4.79 Å². The van der Waals surface area contributed by atoms with Gasteiger partial charge >= 0.3 is 0 Å². The van der Waals surface area contributed by atoms with Crippen molar-refractivity contribution < 1.29 is 4.74 Å². The first-order valence-electron chi connectivity index (χ1n) is 12.3. The fraction of sp³-hybridized carbons (Fsp3) is 0.500. The highest BCUT2D eigenvalue weighted by molar-refractivity contribution is 7.13. The summed E-state index contributed by atoms with van der Waals surface area (Å²) in [6, 6.07) is 6.25. The van der Waals surface area contributed by atoms with Crippen LogP contribution in [-0.4, -0.2) is 60.5 Å². The predicted octanol–water partition coefficient (Wildman–Crippen LogP) is 4.03. The van der Waals surface area contributed by atoms with Crippen molar-refractivity contribution in [2.45, 2.75) is 52.8 Å². The number of rotatable bonds is 9. The second-order valence-electron chi connectivity index (χ2n) is 9.02. The molecule has 1 N–H and O–H groups in total. The van der Waals surface area contributed by atoms with Crippen LogP contribution in [0.2, 0.25) is 0 Å². The number of ether oxygens (including phenoxy) is 1. The highest BCUT2D eigenvalue weighted by atomic mass is 32.1. The number of nitrogens with one attached hydrogen (secondary N) is 1. The number of thiazole rings is 1. The molecule has 1 fully saturated rings. The van der Waals surface area contributed by atoms with Crippen molar-refractivity contribution in [1.82, 2.24) is 14.5 Å². The van der Waals surface area contributed by atoms with E-state index in [1.807, 2.05) is 46.4 Å². The van der Waals surface area contributed by atoms with Gasteiger partial charge in [-0.3, -0.25) is 9.36 Å². The van der Waals surface area contributed by atoms with Crippen molar-refractivity contribution >= 4 is 27.8 Å². The summed E-state index contributed by atoms with van der Waals surface area (Å²) in [5.41, 5.74) is 4.54. The molecule has 0 spiro atoms. The van der Waals surface area contributed by atoms with Crippen LogP contribution in [0.1, 0.15) is 32.0 Å². The van der Waals surface area contributed by atoms with E-state index in [0.29, 0.717) is 25.3 Å². The molecule has 0 bridgehead atoms. The van der Waals surface area contributed by atoms with Gasteiger partial charge in [0.2, 0.25) is 0 Å². The first-order valence-corrected chi connectivity index (χ1v) is 13.2. The topological polar surface area (TPSA) is 75.5 Å². The minimum Gasteiger partial charge on any atom is -0.378 e. The standard InChI is InChI=1S/C26H36N6O2S/c1-7-20-23(28-21-15-31(16-22(21)34-9-3)26-27-12-13-35-26)25(33)32(8-2)24(29-20)19-11-10-18(30(5)6)14-17(19)4/h10-14,21-22,28H,7-9,15-16H2,1-6H3/t21?,22-/m0/s1. The molecule has 3 heterocycles. The van der Waals surface area contributed by atoms with E-state index in [2.05, 4.69) is 45.2 Å². The normalized spacial score (nSPS) is 17.7. The Morgan fingerprint density at radius 2 is 2.03 bits per heavy atom. The summed E-state index contributed by atoms with van der Waals surface area (Å²) in [6.45, 7) is 10.7. The van der Waals surface area contributed by atoms with E-state index in [-0.39, 0.29) is 17.7 Å². The molecule has 2 atom stereocenters. The Morgan fingerprint density at radius 1 is 1.23 bits per heavy atom. The maximum Gasteiger partial charge on any atom is 0.277 e. The number of hydrogen-bond donors (Lipinski definition) is 1. The van der Waals surface area contributed by atoms with Crippen LogP contribution in [0.5, 0.6) is 0 Å². The number of aromatic nitrogens is 3. The zero-order chi connectivity index (χ0) is 25.1. The van der Waals surface area contributed by atoms with Crippen LogP contribution >= 0.6 is 11.3 Å². The van der Waals surface area contributed by atoms with Crippen molar-refractivity contribution in [3.8, 4) is 11.4 Å². The van der Waals surface area contributed by atoms with Gasteiger partial charge in [-0.2, -0.15) is 0 Å². The van der Waals surface area contributed by atoms with E-state index >= 15 is 0 Å². The van der Waals surface area contributed by atoms with E-state index in [1.165, 1.54) is 0 Å². The van der Waals surface area contributed by atoms with Crippen LogP contribution in [0, 0.1) is 6.92 Å². The molecule has 1 unspecified atom stereocenters. The smallest absolute Gasteiger partial charge is 0.277 e. The Labute approximate surface area is 211 Å². The van der Waals surface area contributed by atoms with Gasteiger partial charge in [-0.1, -0.05) is 6.92 Å². The Bertz CT molecular complexity index is 1210. The lowest BCUT2D eigenvalue weighted by atomic mass is 10.1. The molecule has 0 aliphatic carbocycles. The Kier molecular flexibility index (Phi) is 7.76. The van der Waals surface area contributed by atoms with Crippen LogP contribution in [0.25, 0.3) is 11.4 Å². The maximum atomic E-state index is 13.8. The van der Waals surface area contributed by atoms with Gasteiger partial charge in [0.25, 0.3) is 5.56 Å². The molecule has 1 saturated heterocycles. The summed E-state index contributed by atoms with van der Waals surface area (Å²) in [4.78, 5) is 27.6. The molecule has 9 heteroatoms. The molecule has 1 aliphatic heterocycles. The third-order valence-electron chi connectivity index (χ3n) is 6.53. The SMILES string of the molecule is CCO[C@H]1CN(c2nccs2)CC1Nc1c(CC)nc(-c2ccc(N(C)C)cc2C)n(CC)c1=O. The van der Waals surface area contributed by atoms with Crippen molar-refractivity contribution in [2.75, 3.05) is 48.9 Å². The molecular weight excluding hydrogens is 460 g/mol. The van der Waals surface area contributed by atoms with Crippen molar-refractivity contribution in [2.24, 2.45) is 0 Å². The van der Waals surface area contributed by atoms with Crippen LogP contribution in [0.3, 0.4) is 0 Å². The molecule has 35 heavy (non-hydrogen) atoms. The predicted molar refractivity (Wildman–Crippen MR) is 145 cm³/mol. The summed E-state index contributed by atoms with van der Waals surface area (Å²) in [6.07, 6.45) is 2.44. The number of nitrogens with zero attached hydrogens (tertiary/aromatic N) is 5. The maximum absolute atomic E-state index is 13.8. The van der Waals surface area contributed by atoms with Crippen LogP contribution < -0.4 is 20.7 Å². The van der Waals surface area contributed by atoms with Crippen LogP contribution in [0.4, 0.5) is 16.5 Å². The highest BCUT2D eigenvalue weighted by Gasteiger charge is 2.35. The van der Waals surface area contributed by atoms with Crippen molar-refractivity contribution in [3.05, 3.63) is 51.4 Å². The van der Waals surface area contributed by atoms with E-state index in [4.69, 9.17) is 9.72 Å². The second kappa shape index (κ2) is 10.8. The molecule has 0 saturated carbocycles. The third-order valence-corrected chi connectivity index (χ3v) is 7.36. The summed E-state index contributed by atoms with van der Waals surface area (Å²) >= 11 is 1.62. The lowest BCUT2D eigenvalue weighted by molar-refractivity contribution is 0.0720. The fourth-order valence-electron chi connectivity index (χ4n) is 4.68. The number of benzene rings is 1. The molecule has 3 aromatic rings. The molecular formula is C26H36N6O2S. The Hall–Kier alpha value is -2.91. The van der Waals surface area contributed by atoms with E-state index in [1.54, 1.807) is 15.9 Å². The molecule has 0 amide bonds. The Balaban J connectivity index is 1.72. The molecule has 2 aromatic heterocycles. The summed E-state index contributed by atoms with van der Waals surface area (Å²) in [5.74, 6) is 0.722. The van der Waals surface area contributed by atoms with Gasteiger partial charge in [0, 0.05) is 63.2 Å². The Morgan fingerprint density at radius 3 is 2.63 bits per heavy atom. The van der Waals surface area contributed by atoms with Gasteiger partial charge in [-0.25, -0.2) is 9.97 Å². The average molecular weight is 497 g/mol. The first kappa shape index (κ1) is 25.2. The van der Waals surface area contributed by atoms with E-state index < -0.39 is 0 Å². The highest BCUT2D eigenvalue weighted by Crippen LogP contribution is 2.29. The number of aryl methyl sites for hydroxylation is 2. The van der Waals surface area contributed by atoms with Crippen molar-refractivity contribution in [1.29, 1.82) is 0 Å². The lowest BCUT2D eigenvalue weighted by Crippen LogP contribution is -2.38. The quantitative estimate of drug-likeness (QED) is 0.479. The minimum atomic E-state index is -0.0384. The number of hydrogen-bond acceptors (Lipinski definition) is 8. The molecule has 188 valence electrons. The third kappa shape index (κ3) is 5.06. The average Bonchev–Trinajstić information content (AvgIpc) is 3.51. The second-order valence-corrected chi connectivity index (χ2v) is 9.89. The summed E-state index contributed by atoms with van der Waals surface area (Å²) < 4.78 is 7.84. The monoisotopic (exact) mass is 496 g/mol. The van der Waals surface area contributed by atoms with Crippen LogP contribution in [0.15, 0.2) is 34.6 Å². The van der Waals surface area contributed by atoms with Gasteiger partial charge in [-0.15, -0.1) is 11.3 Å². The van der Waals surface area contributed by atoms with Gasteiger partial charge in [0.15, 0.2) is 5.13 Å². The van der Waals surface area contributed by atoms with Gasteiger partial charge < -0.3 is 19.9 Å². The lowest BCUT2D eigenvalue weighted by Gasteiger charge is -2.23. The molecule has 0 radical (unpaired) electrons. The molecule has 4 rings (SSSR count). The molecule has 1 aromatic carbocycles. The van der Waals surface area contributed by atoms with Gasteiger partial charge in [0.1, 0.15) is 11.5 Å². The van der Waals surface area contributed by atoms with Crippen LogP contribution in [-0.2, 0) is 17.7 Å². The molecule has 1 aliphatic rings. The van der Waals surface area contributed by atoms with E-state index in [0.717, 1.165) is 46.6 Å². The number of anilines is 3. The first-order chi connectivity index (χ1) is 16.9. The largest absolute Gasteiger partial charge is 0.378 e. The fourth-order valence-corrected chi connectivity index (χ4v) is 5.35. The zero-order valence-corrected chi connectivity index (χ0v) is 22.4. The zero-order valence-electron chi connectivity index (χ0n) is 21.5. The summed E-state index contributed by atoms with van der Waals surface area (Å²) in [5, 5.41) is 6.52. The van der Waals surface area contributed by atoms with Gasteiger partial charge in [-0.05, 0) is 51.0 Å². The molecule has 8 nitrogen and oxygen atoms in total. The minimum absolute atomic E-state index is 0.0316. The van der Waals surface area contributed by atoms with Gasteiger partial charge in [0.05, 0.1) is 17.8 Å². The summed E-state index contributed by atoms with van der Waals surface area (Å²) in [7, 11) is 4.05. The van der Waals surface area contributed by atoms with Crippen molar-refractivity contribution in [3.63, 3.8) is 0 Å².